The summed E-state index contributed by atoms with van der Waals surface area (Å²) >= 11 is 0. The summed E-state index contributed by atoms with van der Waals surface area (Å²) in [6.07, 6.45) is 1.42. The van der Waals surface area contributed by atoms with Gasteiger partial charge in [-0.3, -0.25) is 5.32 Å². The molecule has 3 rings (SSSR count). The van der Waals surface area contributed by atoms with Crippen LogP contribution in [0.15, 0.2) is 77.5 Å². The van der Waals surface area contributed by atoms with Crippen molar-refractivity contribution in [2.24, 2.45) is 0 Å². The number of hydrogen-bond donors (Lipinski definition) is 1. The molecule has 2 amide bonds. The maximum Gasteiger partial charge on any atom is 0.323 e. The van der Waals surface area contributed by atoms with E-state index in [1.54, 1.807) is 11.0 Å². The number of nitrogens with one attached hydrogen (secondary N) is 1. The Kier molecular flexibility index (Phi) is 4.69. The summed E-state index contributed by atoms with van der Waals surface area (Å²) in [5, 5.41) is 6.46. The molecule has 0 unspecified atom stereocenters. The highest BCUT2D eigenvalue weighted by Gasteiger charge is 2.15. The van der Waals surface area contributed by atoms with Gasteiger partial charge in [-0.1, -0.05) is 65.8 Å². The van der Waals surface area contributed by atoms with Crippen molar-refractivity contribution in [3.8, 4) is 0 Å². The molecule has 0 aliphatic rings. The summed E-state index contributed by atoms with van der Waals surface area (Å²) in [6.45, 7) is 1.03. The molecule has 0 aliphatic heterocycles. The van der Waals surface area contributed by atoms with Crippen LogP contribution in [0.1, 0.15) is 11.1 Å². The average Bonchev–Trinajstić information content (AvgIpc) is 3.09. The van der Waals surface area contributed by atoms with Crippen molar-refractivity contribution >= 4 is 11.8 Å². The van der Waals surface area contributed by atoms with E-state index in [4.69, 9.17) is 4.52 Å². The van der Waals surface area contributed by atoms with Gasteiger partial charge in [0, 0.05) is 19.2 Å². The fraction of sp³-hybridized carbons (Fsp3) is 0.111. The summed E-state index contributed by atoms with van der Waals surface area (Å²) in [5.74, 6) is 0.404. The van der Waals surface area contributed by atoms with Crippen LogP contribution in [0.2, 0.25) is 0 Å². The van der Waals surface area contributed by atoms with Gasteiger partial charge in [0.25, 0.3) is 0 Å². The molecular formula is C18H17N3O2. The molecule has 3 aromatic rings. The van der Waals surface area contributed by atoms with Crippen molar-refractivity contribution in [1.29, 1.82) is 0 Å². The predicted molar refractivity (Wildman–Crippen MR) is 87.7 cm³/mol. The van der Waals surface area contributed by atoms with Crippen molar-refractivity contribution in [2.75, 3.05) is 5.32 Å². The number of carbonyl (C=O) groups is 1. The average molecular weight is 307 g/mol. The number of benzene rings is 2. The lowest BCUT2D eigenvalue weighted by molar-refractivity contribution is 0.206. The molecule has 1 heterocycles. The molecule has 0 fully saturated rings. The van der Waals surface area contributed by atoms with Gasteiger partial charge in [0.15, 0.2) is 5.82 Å². The Morgan fingerprint density at radius 1 is 0.913 bits per heavy atom. The predicted octanol–water partition coefficient (Wildman–Crippen LogP) is 3.91. The molecule has 116 valence electrons. The molecule has 0 radical (unpaired) electrons. The highest BCUT2D eigenvalue weighted by molar-refractivity contribution is 5.88. The van der Waals surface area contributed by atoms with Crippen molar-refractivity contribution in [3.63, 3.8) is 0 Å². The first-order valence-corrected chi connectivity index (χ1v) is 7.35. The second kappa shape index (κ2) is 7.26. The summed E-state index contributed by atoms with van der Waals surface area (Å²) < 4.78 is 4.75. The first-order valence-electron chi connectivity index (χ1n) is 7.35. The van der Waals surface area contributed by atoms with Crippen LogP contribution in [0.3, 0.4) is 0 Å². The highest BCUT2D eigenvalue weighted by Crippen LogP contribution is 2.12. The lowest BCUT2D eigenvalue weighted by atomic mass is 10.2. The van der Waals surface area contributed by atoms with Crippen LogP contribution in [0, 0.1) is 0 Å². The zero-order chi connectivity index (χ0) is 15.9. The maximum absolute atomic E-state index is 12.6. The van der Waals surface area contributed by atoms with Crippen molar-refractivity contribution in [2.45, 2.75) is 13.1 Å². The highest BCUT2D eigenvalue weighted by atomic mass is 16.5. The Morgan fingerprint density at radius 2 is 1.48 bits per heavy atom. The molecule has 0 bridgehead atoms. The fourth-order valence-electron chi connectivity index (χ4n) is 2.27. The van der Waals surface area contributed by atoms with E-state index in [1.165, 1.54) is 6.26 Å². The van der Waals surface area contributed by atoms with Gasteiger partial charge < -0.3 is 9.42 Å². The second-order valence-corrected chi connectivity index (χ2v) is 5.14. The fourth-order valence-corrected chi connectivity index (χ4v) is 2.27. The largest absolute Gasteiger partial charge is 0.363 e. The van der Waals surface area contributed by atoms with E-state index in [0.29, 0.717) is 18.9 Å². The van der Waals surface area contributed by atoms with Crippen LogP contribution in [-0.4, -0.2) is 16.1 Å². The Morgan fingerprint density at radius 3 is 1.96 bits per heavy atom. The van der Waals surface area contributed by atoms with Crippen LogP contribution >= 0.6 is 0 Å². The number of amides is 2. The summed E-state index contributed by atoms with van der Waals surface area (Å²) in [7, 11) is 0. The minimum Gasteiger partial charge on any atom is -0.363 e. The topological polar surface area (TPSA) is 58.4 Å². The molecule has 1 N–H and O–H groups in total. The zero-order valence-electron chi connectivity index (χ0n) is 12.6. The summed E-state index contributed by atoms with van der Waals surface area (Å²) in [4.78, 5) is 14.3. The minimum atomic E-state index is -0.216. The SMILES string of the molecule is O=C(Nc1ccon1)N(Cc1ccccc1)Cc1ccccc1. The van der Waals surface area contributed by atoms with E-state index in [1.807, 2.05) is 60.7 Å². The Hall–Kier alpha value is -3.08. The van der Waals surface area contributed by atoms with E-state index in [-0.39, 0.29) is 6.03 Å². The molecule has 1 aromatic heterocycles. The quantitative estimate of drug-likeness (QED) is 0.777. The standard InChI is InChI=1S/C18H17N3O2/c22-18(19-17-11-12-23-20-17)21(13-15-7-3-1-4-8-15)14-16-9-5-2-6-10-16/h1-12H,13-14H2,(H,19,20,22). The number of hydrogen-bond acceptors (Lipinski definition) is 3. The molecule has 5 nitrogen and oxygen atoms in total. The number of anilines is 1. The molecular weight excluding hydrogens is 290 g/mol. The normalized spacial score (nSPS) is 10.3. The molecule has 0 saturated heterocycles. The molecule has 23 heavy (non-hydrogen) atoms. The third kappa shape index (κ3) is 4.20. The first-order chi connectivity index (χ1) is 11.3. The number of urea groups is 1. The van der Waals surface area contributed by atoms with Gasteiger partial charge in [0.1, 0.15) is 6.26 Å². The Labute approximate surface area is 134 Å². The van der Waals surface area contributed by atoms with Gasteiger partial charge >= 0.3 is 6.03 Å². The lowest BCUT2D eigenvalue weighted by Gasteiger charge is -2.23. The monoisotopic (exact) mass is 307 g/mol. The lowest BCUT2D eigenvalue weighted by Crippen LogP contribution is -2.34. The van der Waals surface area contributed by atoms with E-state index in [9.17, 15) is 4.79 Å². The van der Waals surface area contributed by atoms with E-state index in [0.717, 1.165) is 11.1 Å². The Bertz CT molecular complexity index is 686. The van der Waals surface area contributed by atoms with Gasteiger partial charge in [-0.2, -0.15) is 0 Å². The van der Waals surface area contributed by atoms with Crippen molar-refractivity contribution < 1.29 is 9.32 Å². The number of aromatic nitrogens is 1. The molecule has 2 aromatic carbocycles. The van der Waals surface area contributed by atoms with E-state index in [2.05, 4.69) is 10.5 Å². The minimum absolute atomic E-state index is 0.216. The summed E-state index contributed by atoms with van der Waals surface area (Å²) in [5.41, 5.74) is 2.14. The van der Waals surface area contributed by atoms with Gasteiger partial charge in [-0.05, 0) is 11.1 Å². The summed E-state index contributed by atoms with van der Waals surface area (Å²) in [6, 6.07) is 21.2. The molecule has 0 atom stereocenters. The molecule has 0 saturated carbocycles. The van der Waals surface area contributed by atoms with Crippen LogP contribution in [0.25, 0.3) is 0 Å². The van der Waals surface area contributed by atoms with Gasteiger partial charge in [-0.25, -0.2) is 4.79 Å². The van der Waals surface area contributed by atoms with Crippen LogP contribution in [0.4, 0.5) is 10.6 Å². The van der Waals surface area contributed by atoms with Crippen LogP contribution in [0.5, 0.6) is 0 Å². The van der Waals surface area contributed by atoms with Crippen molar-refractivity contribution in [3.05, 3.63) is 84.1 Å². The molecule has 0 aliphatic carbocycles. The van der Waals surface area contributed by atoms with Crippen molar-refractivity contribution in [1.82, 2.24) is 10.1 Å². The van der Waals surface area contributed by atoms with Crippen LogP contribution in [-0.2, 0) is 13.1 Å². The molecule has 0 spiro atoms. The van der Waals surface area contributed by atoms with Gasteiger partial charge in [0.05, 0.1) is 0 Å². The first kappa shape index (κ1) is 14.8. The van der Waals surface area contributed by atoms with Gasteiger partial charge in [-0.15, -0.1) is 0 Å². The third-order valence-corrected chi connectivity index (χ3v) is 3.39. The third-order valence-electron chi connectivity index (χ3n) is 3.39. The van der Waals surface area contributed by atoms with E-state index < -0.39 is 0 Å². The second-order valence-electron chi connectivity index (χ2n) is 5.14. The van der Waals surface area contributed by atoms with Gasteiger partial charge in [0.2, 0.25) is 0 Å². The zero-order valence-corrected chi connectivity index (χ0v) is 12.6. The number of rotatable bonds is 5. The molecule has 5 heteroatoms. The smallest absolute Gasteiger partial charge is 0.323 e. The van der Waals surface area contributed by atoms with Crippen LogP contribution < -0.4 is 5.32 Å². The maximum atomic E-state index is 12.6. The number of carbonyl (C=O) groups excluding carboxylic acids is 1. The Balaban J connectivity index is 1.76. The van der Waals surface area contributed by atoms with E-state index >= 15 is 0 Å². The number of nitrogens with zero attached hydrogens (tertiary/aromatic N) is 2.